The van der Waals surface area contributed by atoms with Crippen molar-refractivity contribution in [1.82, 2.24) is 0 Å². The van der Waals surface area contributed by atoms with Gasteiger partial charge in [-0.1, -0.05) is 39.8 Å². The van der Waals surface area contributed by atoms with E-state index in [-0.39, 0.29) is 5.91 Å². The van der Waals surface area contributed by atoms with Crippen LogP contribution in [0.2, 0.25) is 0 Å². The minimum atomic E-state index is -0.184. The number of rotatable bonds is 7. The molecule has 0 atom stereocenters. The number of anilines is 2. The third-order valence-electron chi connectivity index (χ3n) is 4.89. The van der Waals surface area contributed by atoms with Gasteiger partial charge in [-0.25, -0.2) is 0 Å². The summed E-state index contributed by atoms with van der Waals surface area (Å²) in [6.45, 7) is 14.0. The molecular formula is C26H39N3O3. The van der Waals surface area contributed by atoms with Crippen LogP contribution in [0, 0.1) is 0 Å². The summed E-state index contributed by atoms with van der Waals surface area (Å²) in [6.07, 6.45) is 4.85. The molecule has 1 aliphatic heterocycles. The highest BCUT2D eigenvalue weighted by Gasteiger charge is 2.23. The average molecular weight is 442 g/mol. The van der Waals surface area contributed by atoms with E-state index in [1.54, 1.807) is 31.2 Å². The van der Waals surface area contributed by atoms with E-state index in [9.17, 15) is 4.79 Å². The van der Waals surface area contributed by atoms with E-state index in [0.29, 0.717) is 18.1 Å². The molecule has 1 aliphatic rings. The second-order valence-electron chi connectivity index (χ2n) is 6.72. The van der Waals surface area contributed by atoms with Gasteiger partial charge in [0.15, 0.2) is 5.76 Å². The summed E-state index contributed by atoms with van der Waals surface area (Å²) in [7, 11) is 3.36. The van der Waals surface area contributed by atoms with Crippen molar-refractivity contribution in [2.24, 2.45) is 4.99 Å². The van der Waals surface area contributed by atoms with Crippen LogP contribution in [0.4, 0.5) is 11.4 Å². The Labute approximate surface area is 193 Å². The number of benzene rings is 1. The molecule has 0 bridgehead atoms. The van der Waals surface area contributed by atoms with Gasteiger partial charge in [0.1, 0.15) is 12.4 Å². The van der Waals surface area contributed by atoms with Crippen molar-refractivity contribution < 1.29 is 13.9 Å². The number of ether oxygens (including phenoxy) is 1. The second kappa shape index (κ2) is 14.2. The summed E-state index contributed by atoms with van der Waals surface area (Å²) in [4.78, 5) is 21.2. The van der Waals surface area contributed by atoms with Crippen molar-refractivity contribution >= 4 is 23.5 Å². The normalized spacial score (nSPS) is 12.6. The molecule has 176 valence electrons. The number of carbonyl (C=O) groups excluding carboxylic acids is 1. The standard InChI is InChI=1S/C22H27N3O3.2C2H6/c1-5-17(23-6-2)14-25-12-11-16-7-8-18(13-20(16)25)24(3)22(26)21-10-9-19(28-21)15-27-4;2*1-2/h5-10,13H,11-12,14-15H2,1-4H3;2*1-2H3/b17-5-,23-6?;;. The van der Waals surface area contributed by atoms with Crippen molar-refractivity contribution in [3.05, 3.63) is 59.2 Å². The molecule has 0 aliphatic carbocycles. The van der Waals surface area contributed by atoms with E-state index in [2.05, 4.69) is 22.0 Å². The smallest absolute Gasteiger partial charge is 0.293 e. The maximum Gasteiger partial charge on any atom is 0.293 e. The molecule has 0 saturated carbocycles. The van der Waals surface area contributed by atoms with Crippen LogP contribution in [0.25, 0.3) is 0 Å². The maximum absolute atomic E-state index is 12.8. The Hall–Kier alpha value is -2.86. The molecule has 6 nitrogen and oxygen atoms in total. The highest BCUT2D eigenvalue weighted by molar-refractivity contribution is 6.04. The zero-order valence-corrected chi connectivity index (χ0v) is 20.9. The van der Waals surface area contributed by atoms with Crippen LogP contribution in [-0.2, 0) is 17.8 Å². The van der Waals surface area contributed by atoms with Crippen molar-refractivity contribution in [2.75, 3.05) is 37.0 Å². The van der Waals surface area contributed by atoms with Crippen molar-refractivity contribution in [3.63, 3.8) is 0 Å². The van der Waals surface area contributed by atoms with E-state index in [1.165, 1.54) is 5.56 Å². The van der Waals surface area contributed by atoms with Crippen LogP contribution < -0.4 is 9.80 Å². The van der Waals surface area contributed by atoms with Gasteiger partial charge < -0.3 is 19.0 Å². The first-order valence-electron chi connectivity index (χ1n) is 11.4. The number of methoxy groups -OCH3 is 1. The number of furan rings is 1. The highest BCUT2D eigenvalue weighted by atomic mass is 16.5. The SMILES string of the molecule is CC.CC.CC=N/C(=C\C)CN1CCc2ccc(N(C)C(=O)c3ccc(COC)o3)cc21. The fourth-order valence-electron chi connectivity index (χ4n) is 3.37. The van der Waals surface area contributed by atoms with Gasteiger partial charge in [0.25, 0.3) is 5.91 Å². The molecule has 0 spiro atoms. The number of hydrogen-bond donors (Lipinski definition) is 0. The van der Waals surface area contributed by atoms with Gasteiger partial charge in [-0.2, -0.15) is 0 Å². The van der Waals surface area contributed by atoms with Gasteiger partial charge in [0.05, 0.1) is 12.2 Å². The van der Waals surface area contributed by atoms with Crippen LogP contribution >= 0.6 is 0 Å². The summed E-state index contributed by atoms with van der Waals surface area (Å²) in [6, 6.07) is 9.61. The zero-order chi connectivity index (χ0) is 24.1. The Bertz CT molecular complexity index is 899. The molecule has 0 radical (unpaired) electrons. The van der Waals surface area contributed by atoms with E-state index in [0.717, 1.165) is 36.6 Å². The molecule has 1 aromatic heterocycles. The van der Waals surface area contributed by atoms with Crippen molar-refractivity contribution in [3.8, 4) is 0 Å². The average Bonchev–Trinajstić information content (AvgIpc) is 3.47. The number of hydrogen-bond acceptors (Lipinski definition) is 5. The van der Waals surface area contributed by atoms with Crippen LogP contribution in [0.15, 0.2) is 51.5 Å². The Morgan fingerprint density at radius 2 is 1.91 bits per heavy atom. The van der Waals surface area contributed by atoms with Crippen LogP contribution in [0.5, 0.6) is 0 Å². The Morgan fingerprint density at radius 1 is 1.19 bits per heavy atom. The Kier molecular flexibility index (Phi) is 12.1. The molecule has 2 aromatic rings. The summed E-state index contributed by atoms with van der Waals surface area (Å²) in [5.74, 6) is 0.756. The molecule has 2 heterocycles. The second-order valence-corrected chi connectivity index (χ2v) is 6.72. The van der Waals surface area contributed by atoms with Gasteiger partial charge in [0.2, 0.25) is 0 Å². The summed E-state index contributed by atoms with van der Waals surface area (Å²) >= 11 is 0. The van der Waals surface area contributed by atoms with Gasteiger partial charge in [-0.15, -0.1) is 0 Å². The lowest BCUT2D eigenvalue weighted by Gasteiger charge is -2.22. The number of fused-ring (bicyclic) bond motifs is 1. The summed E-state index contributed by atoms with van der Waals surface area (Å²) in [5.41, 5.74) is 4.32. The molecule has 3 rings (SSSR count). The van der Waals surface area contributed by atoms with E-state index >= 15 is 0 Å². The zero-order valence-electron chi connectivity index (χ0n) is 20.9. The predicted octanol–water partition coefficient (Wildman–Crippen LogP) is 6.11. The van der Waals surface area contributed by atoms with Crippen LogP contribution in [0.3, 0.4) is 0 Å². The molecule has 0 saturated heterocycles. The number of nitrogens with zero attached hydrogens (tertiary/aromatic N) is 3. The van der Waals surface area contributed by atoms with Crippen LogP contribution in [0.1, 0.15) is 63.4 Å². The molecular weight excluding hydrogens is 402 g/mol. The maximum atomic E-state index is 12.8. The molecule has 0 N–H and O–H groups in total. The van der Waals surface area contributed by atoms with Crippen molar-refractivity contribution in [1.29, 1.82) is 0 Å². The molecule has 6 heteroatoms. The van der Waals surface area contributed by atoms with Gasteiger partial charge in [0, 0.05) is 38.3 Å². The third kappa shape index (κ3) is 6.82. The number of allylic oxidation sites excluding steroid dienone is 1. The predicted molar refractivity (Wildman–Crippen MR) is 135 cm³/mol. The Balaban J connectivity index is 0.00000121. The fourth-order valence-corrected chi connectivity index (χ4v) is 3.37. The van der Waals surface area contributed by atoms with E-state index in [4.69, 9.17) is 9.15 Å². The molecule has 1 aromatic carbocycles. The lowest BCUT2D eigenvalue weighted by Crippen LogP contribution is -2.26. The highest BCUT2D eigenvalue weighted by Crippen LogP contribution is 2.33. The van der Waals surface area contributed by atoms with Gasteiger partial charge >= 0.3 is 0 Å². The minimum Gasteiger partial charge on any atom is -0.453 e. The summed E-state index contributed by atoms with van der Waals surface area (Å²) < 4.78 is 10.6. The molecule has 0 fully saturated rings. The largest absolute Gasteiger partial charge is 0.453 e. The minimum absolute atomic E-state index is 0.184. The van der Waals surface area contributed by atoms with E-state index in [1.807, 2.05) is 59.9 Å². The third-order valence-corrected chi connectivity index (χ3v) is 4.89. The Morgan fingerprint density at radius 3 is 2.53 bits per heavy atom. The molecule has 32 heavy (non-hydrogen) atoms. The first-order valence-corrected chi connectivity index (χ1v) is 11.4. The first kappa shape index (κ1) is 27.2. The van der Waals surface area contributed by atoms with Crippen LogP contribution in [-0.4, -0.2) is 39.4 Å². The lowest BCUT2D eigenvalue weighted by molar-refractivity contribution is 0.0957. The summed E-state index contributed by atoms with van der Waals surface area (Å²) in [5, 5.41) is 0. The monoisotopic (exact) mass is 441 g/mol. The van der Waals surface area contributed by atoms with Crippen molar-refractivity contribution in [2.45, 2.75) is 54.6 Å². The number of aliphatic imine (C=N–C) groups is 1. The number of amides is 1. The quantitative estimate of drug-likeness (QED) is 0.486. The molecule has 0 unspecified atom stereocenters. The fraction of sp³-hybridized carbons (Fsp3) is 0.462. The molecule has 1 amide bonds. The first-order chi connectivity index (χ1) is 15.6. The van der Waals surface area contributed by atoms with E-state index < -0.39 is 0 Å². The van der Waals surface area contributed by atoms with Gasteiger partial charge in [-0.05, 0) is 50.1 Å². The van der Waals surface area contributed by atoms with Gasteiger partial charge in [-0.3, -0.25) is 9.79 Å². The number of carbonyl (C=O) groups is 1. The lowest BCUT2D eigenvalue weighted by atomic mass is 10.1. The topological polar surface area (TPSA) is 58.3 Å².